The van der Waals surface area contributed by atoms with Gasteiger partial charge in [-0.1, -0.05) is 12.6 Å². The predicted molar refractivity (Wildman–Crippen MR) is 105 cm³/mol. The molecule has 5 rings (SSSR count). The van der Waals surface area contributed by atoms with Gasteiger partial charge < -0.3 is 19.4 Å². The van der Waals surface area contributed by atoms with Crippen LogP contribution in [0, 0.1) is 0 Å². The first-order chi connectivity index (χ1) is 14.0. The topological polar surface area (TPSA) is 96.7 Å². The molecule has 1 saturated heterocycles. The third-order valence-corrected chi connectivity index (χ3v) is 5.45. The SMILES string of the molecule is C=C1c2cc(OC)ccc2CN1C[C@@]1(c2cc3ncccc3o2)NC(=O)NC1=O. The molecule has 0 radical (unpaired) electrons. The van der Waals surface area contributed by atoms with Crippen LogP contribution < -0.4 is 15.4 Å². The molecular formula is C21H18N4O4. The van der Waals surface area contributed by atoms with Crippen molar-refractivity contribution < 1.29 is 18.7 Å². The molecule has 8 heteroatoms. The molecule has 0 unspecified atom stereocenters. The number of carbonyl (C=O) groups excluding carboxylic acids is 2. The fourth-order valence-corrected chi connectivity index (χ4v) is 3.93. The minimum absolute atomic E-state index is 0.167. The number of rotatable bonds is 4. The van der Waals surface area contributed by atoms with E-state index in [0.29, 0.717) is 23.4 Å². The number of hydrogen-bond acceptors (Lipinski definition) is 6. The lowest BCUT2D eigenvalue weighted by Crippen LogP contribution is -2.51. The predicted octanol–water partition coefficient (Wildman–Crippen LogP) is 2.36. The molecule has 1 fully saturated rings. The van der Waals surface area contributed by atoms with Crippen molar-refractivity contribution in [3.8, 4) is 5.75 Å². The summed E-state index contributed by atoms with van der Waals surface area (Å²) in [5.41, 5.74) is 2.56. The number of carbonyl (C=O) groups is 2. The van der Waals surface area contributed by atoms with Crippen LogP contribution in [0.2, 0.25) is 0 Å². The van der Waals surface area contributed by atoms with Crippen LogP contribution in [-0.4, -0.2) is 35.5 Å². The Morgan fingerprint density at radius 2 is 2.17 bits per heavy atom. The van der Waals surface area contributed by atoms with Gasteiger partial charge in [-0.05, 0) is 29.8 Å². The zero-order chi connectivity index (χ0) is 20.2. The van der Waals surface area contributed by atoms with Gasteiger partial charge in [0.2, 0.25) is 0 Å². The number of benzene rings is 1. The van der Waals surface area contributed by atoms with Crippen LogP contribution >= 0.6 is 0 Å². The first-order valence-corrected chi connectivity index (χ1v) is 9.10. The van der Waals surface area contributed by atoms with E-state index in [0.717, 1.165) is 22.6 Å². The molecule has 0 aliphatic carbocycles. The summed E-state index contributed by atoms with van der Waals surface area (Å²) in [5, 5.41) is 5.10. The van der Waals surface area contributed by atoms with Crippen molar-refractivity contribution in [2.24, 2.45) is 0 Å². The van der Waals surface area contributed by atoms with E-state index in [1.54, 1.807) is 31.5 Å². The number of methoxy groups -OCH3 is 1. The molecule has 29 heavy (non-hydrogen) atoms. The third kappa shape index (κ3) is 2.56. The van der Waals surface area contributed by atoms with Gasteiger partial charge in [0.1, 0.15) is 17.0 Å². The summed E-state index contributed by atoms with van der Waals surface area (Å²) in [4.78, 5) is 31.2. The highest BCUT2D eigenvalue weighted by Crippen LogP contribution is 2.38. The number of hydrogen-bond donors (Lipinski definition) is 2. The molecule has 2 N–H and O–H groups in total. The highest BCUT2D eigenvalue weighted by molar-refractivity contribution is 6.07. The normalized spacial score (nSPS) is 20.7. The second-order valence-corrected chi connectivity index (χ2v) is 7.14. The second kappa shape index (κ2) is 6.10. The lowest BCUT2D eigenvalue weighted by molar-refractivity contribution is -0.125. The Morgan fingerprint density at radius 1 is 1.31 bits per heavy atom. The lowest BCUT2D eigenvalue weighted by Gasteiger charge is -2.30. The molecule has 0 bridgehead atoms. The molecule has 1 atom stereocenters. The number of ether oxygens (including phenoxy) is 1. The summed E-state index contributed by atoms with van der Waals surface area (Å²) < 4.78 is 11.2. The van der Waals surface area contributed by atoms with Crippen molar-refractivity contribution in [2.45, 2.75) is 12.1 Å². The number of fused-ring (bicyclic) bond motifs is 2. The van der Waals surface area contributed by atoms with E-state index in [4.69, 9.17) is 9.15 Å². The van der Waals surface area contributed by atoms with Gasteiger partial charge in [-0.25, -0.2) is 4.79 Å². The quantitative estimate of drug-likeness (QED) is 0.664. The maximum atomic E-state index is 12.9. The van der Waals surface area contributed by atoms with Crippen LogP contribution in [0.5, 0.6) is 5.75 Å². The summed E-state index contributed by atoms with van der Waals surface area (Å²) in [6.07, 6.45) is 1.65. The Kier molecular flexibility index (Phi) is 3.64. The molecule has 1 aromatic carbocycles. The van der Waals surface area contributed by atoms with E-state index in [2.05, 4.69) is 22.2 Å². The van der Waals surface area contributed by atoms with Crippen LogP contribution in [0.25, 0.3) is 16.8 Å². The van der Waals surface area contributed by atoms with Gasteiger partial charge in [-0.3, -0.25) is 15.1 Å². The molecule has 146 valence electrons. The number of pyridine rings is 1. The monoisotopic (exact) mass is 390 g/mol. The standard InChI is InChI=1S/C21H18N4O4/c1-12-15-8-14(28-2)6-5-13(15)10-25(12)11-21(19(26)23-20(27)24-21)18-9-16-17(29-18)4-3-7-22-16/h3-9H,1,10-11H2,2H3,(H2,23,24,26,27)/t21-/m0/s1. The average molecular weight is 390 g/mol. The number of amides is 3. The Bertz CT molecular complexity index is 1150. The Morgan fingerprint density at radius 3 is 2.90 bits per heavy atom. The van der Waals surface area contributed by atoms with Crippen molar-refractivity contribution in [3.63, 3.8) is 0 Å². The zero-order valence-corrected chi connectivity index (χ0v) is 15.7. The van der Waals surface area contributed by atoms with Gasteiger partial charge >= 0.3 is 6.03 Å². The van der Waals surface area contributed by atoms with Gasteiger partial charge in [0.25, 0.3) is 5.91 Å². The maximum absolute atomic E-state index is 12.9. The first kappa shape index (κ1) is 17.3. The van der Waals surface area contributed by atoms with E-state index in [-0.39, 0.29) is 6.54 Å². The smallest absolute Gasteiger partial charge is 0.322 e. The van der Waals surface area contributed by atoms with Crippen LogP contribution in [0.15, 0.2) is 53.6 Å². The molecular weight excluding hydrogens is 372 g/mol. The van der Waals surface area contributed by atoms with Crippen LogP contribution in [0.1, 0.15) is 16.9 Å². The maximum Gasteiger partial charge on any atom is 0.322 e. The highest BCUT2D eigenvalue weighted by atomic mass is 16.5. The summed E-state index contributed by atoms with van der Waals surface area (Å²) >= 11 is 0. The molecule has 8 nitrogen and oxygen atoms in total. The van der Waals surface area contributed by atoms with E-state index in [1.807, 2.05) is 23.1 Å². The van der Waals surface area contributed by atoms with Gasteiger partial charge in [0.05, 0.1) is 13.7 Å². The molecule has 3 aromatic rings. The fraction of sp³-hybridized carbons (Fsp3) is 0.190. The zero-order valence-electron chi connectivity index (χ0n) is 15.7. The molecule has 3 amide bonds. The van der Waals surface area contributed by atoms with Gasteiger partial charge in [0, 0.05) is 30.1 Å². The van der Waals surface area contributed by atoms with E-state index >= 15 is 0 Å². The van der Waals surface area contributed by atoms with Gasteiger partial charge in [-0.2, -0.15) is 0 Å². The van der Waals surface area contributed by atoms with Crippen molar-refractivity contribution in [3.05, 3.63) is 66.1 Å². The second-order valence-electron chi connectivity index (χ2n) is 7.14. The largest absolute Gasteiger partial charge is 0.497 e. The van der Waals surface area contributed by atoms with Crippen LogP contribution in [-0.2, 0) is 16.9 Å². The summed E-state index contributed by atoms with van der Waals surface area (Å²) in [6.45, 7) is 4.91. The lowest BCUT2D eigenvalue weighted by atomic mass is 9.95. The Labute approximate surface area is 166 Å². The molecule has 0 spiro atoms. The number of aromatic nitrogens is 1. The average Bonchev–Trinajstić information content (AvgIpc) is 3.36. The molecule has 0 saturated carbocycles. The van der Waals surface area contributed by atoms with Crippen LogP contribution in [0.3, 0.4) is 0 Å². The van der Waals surface area contributed by atoms with Crippen molar-refractivity contribution in [1.29, 1.82) is 0 Å². The first-order valence-electron chi connectivity index (χ1n) is 9.10. The van der Waals surface area contributed by atoms with Crippen molar-refractivity contribution >= 4 is 28.7 Å². The number of urea groups is 1. The van der Waals surface area contributed by atoms with Crippen molar-refractivity contribution in [2.75, 3.05) is 13.7 Å². The minimum atomic E-state index is -1.38. The summed E-state index contributed by atoms with van der Waals surface area (Å²) in [7, 11) is 1.61. The molecule has 2 aromatic heterocycles. The van der Waals surface area contributed by atoms with E-state index < -0.39 is 17.5 Å². The van der Waals surface area contributed by atoms with Gasteiger partial charge in [0.15, 0.2) is 11.1 Å². The summed E-state index contributed by atoms with van der Waals surface area (Å²) in [6, 6.07) is 10.4. The van der Waals surface area contributed by atoms with E-state index in [9.17, 15) is 9.59 Å². The minimum Gasteiger partial charge on any atom is -0.497 e. The highest BCUT2D eigenvalue weighted by Gasteiger charge is 2.52. The Hall–Kier alpha value is -3.81. The van der Waals surface area contributed by atoms with E-state index in [1.165, 1.54) is 0 Å². The molecule has 2 aliphatic rings. The van der Waals surface area contributed by atoms with Gasteiger partial charge in [-0.15, -0.1) is 0 Å². The molecule has 2 aliphatic heterocycles. The molecule has 4 heterocycles. The van der Waals surface area contributed by atoms with Crippen LogP contribution in [0.4, 0.5) is 4.79 Å². The third-order valence-electron chi connectivity index (χ3n) is 5.45. The Balaban J connectivity index is 1.54. The summed E-state index contributed by atoms with van der Waals surface area (Å²) in [5.74, 6) is 0.593. The number of furan rings is 1. The number of imide groups is 1. The number of nitrogens with zero attached hydrogens (tertiary/aromatic N) is 2. The number of nitrogens with one attached hydrogen (secondary N) is 2. The van der Waals surface area contributed by atoms with Crippen molar-refractivity contribution in [1.82, 2.24) is 20.5 Å². The fourth-order valence-electron chi connectivity index (χ4n) is 3.93.